The van der Waals surface area contributed by atoms with Crippen LogP contribution in [0.4, 0.5) is 5.69 Å². The summed E-state index contributed by atoms with van der Waals surface area (Å²) in [6.07, 6.45) is 3.58. The Hall–Kier alpha value is -1.95. The smallest absolute Gasteiger partial charge is 0.274 e. The number of carbonyl (C=O) groups excluding carboxylic acids is 2. The Labute approximate surface area is 171 Å². The molecule has 0 aliphatic carbocycles. The SMILES string of the molecule is CCn1ncc(NC(=O)CCn2ncc(I)c2C)c1C(=O)N1CCOCC1. The Morgan fingerprint density at radius 1 is 1.22 bits per heavy atom. The second-order valence-electron chi connectivity index (χ2n) is 6.23. The number of anilines is 1. The number of morpholine rings is 1. The Bertz CT molecular complexity index is 825. The molecule has 9 nitrogen and oxygen atoms in total. The molecular weight excluding hydrogens is 463 g/mol. The fourth-order valence-corrected chi connectivity index (χ4v) is 3.33. The number of amides is 2. The molecule has 146 valence electrons. The summed E-state index contributed by atoms with van der Waals surface area (Å²) in [7, 11) is 0. The van der Waals surface area contributed by atoms with Gasteiger partial charge in [0.15, 0.2) is 0 Å². The van der Waals surface area contributed by atoms with Crippen molar-refractivity contribution in [1.29, 1.82) is 0 Å². The molecule has 2 amide bonds. The van der Waals surface area contributed by atoms with Crippen molar-refractivity contribution in [3.05, 3.63) is 27.4 Å². The number of nitrogens with zero attached hydrogens (tertiary/aromatic N) is 5. The summed E-state index contributed by atoms with van der Waals surface area (Å²) in [5.41, 5.74) is 1.90. The summed E-state index contributed by atoms with van der Waals surface area (Å²) in [5, 5.41) is 11.3. The van der Waals surface area contributed by atoms with E-state index in [-0.39, 0.29) is 18.2 Å². The summed E-state index contributed by atoms with van der Waals surface area (Å²) >= 11 is 2.21. The van der Waals surface area contributed by atoms with Crippen LogP contribution in [0.5, 0.6) is 0 Å². The molecule has 0 saturated carbocycles. The van der Waals surface area contributed by atoms with Crippen LogP contribution >= 0.6 is 22.6 Å². The monoisotopic (exact) mass is 486 g/mol. The number of aromatic nitrogens is 4. The van der Waals surface area contributed by atoms with E-state index in [1.165, 1.54) is 6.20 Å². The quantitative estimate of drug-likeness (QED) is 0.625. The van der Waals surface area contributed by atoms with Crippen molar-refractivity contribution < 1.29 is 14.3 Å². The van der Waals surface area contributed by atoms with Gasteiger partial charge in [-0.3, -0.25) is 19.0 Å². The van der Waals surface area contributed by atoms with Gasteiger partial charge < -0.3 is 15.0 Å². The van der Waals surface area contributed by atoms with Crippen molar-refractivity contribution in [2.45, 2.75) is 33.4 Å². The molecule has 0 unspecified atom stereocenters. The predicted molar refractivity (Wildman–Crippen MR) is 108 cm³/mol. The predicted octanol–water partition coefficient (Wildman–Crippen LogP) is 1.51. The van der Waals surface area contributed by atoms with Crippen molar-refractivity contribution in [3.63, 3.8) is 0 Å². The minimum atomic E-state index is -0.174. The van der Waals surface area contributed by atoms with E-state index in [0.717, 1.165) is 9.26 Å². The highest BCUT2D eigenvalue weighted by Gasteiger charge is 2.26. The van der Waals surface area contributed by atoms with Gasteiger partial charge in [0.1, 0.15) is 5.69 Å². The minimum absolute atomic E-state index is 0.134. The van der Waals surface area contributed by atoms with Crippen molar-refractivity contribution in [2.24, 2.45) is 0 Å². The Morgan fingerprint density at radius 2 is 1.93 bits per heavy atom. The number of aryl methyl sites for hydroxylation is 2. The molecule has 0 radical (unpaired) electrons. The van der Waals surface area contributed by atoms with E-state index in [9.17, 15) is 9.59 Å². The lowest BCUT2D eigenvalue weighted by molar-refractivity contribution is -0.116. The van der Waals surface area contributed by atoms with Crippen LogP contribution in [0, 0.1) is 10.5 Å². The number of carbonyl (C=O) groups is 2. The van der Waals surface area contributed by atoms with Gasteiger partial charge in [0.25, 0.3) is 5.91 Å². The molecular formula is C17H23IN6O3. The number of rotatable bonds is 6. The molecule has 10 heteroatoms. The average Bonchev–Trinajstić information content (AvgIpc) is 3.23. The third kappa shape index (κ3) is 4.49. The zero-order valence-corrected chi connectivity index (χ0v) is 17.6. The number of hydrogen-bond acceptors (Lipinski definition) is 5. The van der Waals surface area contributed by atoms with Crippen LogP contribution in [-0.4, -0.2) is 62.6 Å². The van der Waals surface area contributed by atoms with E-state index >= 15 is 0 Å². The van der Waals surface area contributed by atoms with Gasteiger partial charge in [-0.1, -0.05) is 0 Å². The van der Waals surface area contributed by atoms with E-state index < -0.39 is 0 Å². The molecule has 0 bridgehead atoms. The molecule has 1 aliphatic heterocycles. The first-order valence-electron chi connectivity index (χ1n) is 8.91. The van der Waals surface area contributed by atoms with Crippen LogP contribution in [0.2, 0.25) is 0 Å². The van der Waals surface area contributed by atoms with Crippen LogP contribution in [0.25, 0.3) is 0 Å². The fourth-order valence-electron chi connectivity index (χ4n) is 2.93. The molecule has 27 heavy (non-hydrogen) atoms. The fraction of sp³-hybridized carbons (Fsp3) is 0.529. The average molecular weight is 486 g/mol. The van der Waals surface area contributed by atoms with E-state index in [1.54, 1.807) is 20.5 Å². The molecule has 1 N–H and O–H groups in total. The molecule has 0 atom stereocenters. The molecule has 1 aliphatic rings. The largest absolute Gasteiger partial charge is 0.378 e. The van der Waals surface area contributed by atoms with E-state index in [1.807, 2.05) is 13.8 Å². The summed E-state index contributed by atoms with van der Waals surface area (Å²) in [6.45, 7) is 7.04. The molecule has 0 aromatic carbocycles. The van der Waals surface area contributed by atoms with E-state index in [2.05, 4.69) is 38.1 Å². The normalized spacial score (nSPS) is 14.4. The number of halogens is 1. The Balaban J connectivity index is 1.69. The van der Waals surface area contributed by atoms with Gasteiger partial charge in [0, 0.05) is 31.7 Å². The van der Waals surface area contributed by atoms with Crippen LogP contribution in [-0.2, 0) is 22.6 Å². The minimum Gasteiger partial charge on any atom is -0.378 e. The van der Waals surface area contributed by atoms with Crippen LogP contribution in [0.1, 0.15) is 29.5 Å². The lowest BCUT2D eigenvalue weighted by Crippen LogP contribution is -2.41. The van der Waals surface area contributed by atoms with Crippen molar-refractivity contribution in [1.82, 2.24) is 24.5 Å². The standard InChI is InChI=1S/C17H23IN6O3/c1-3-23-16(17(26)22-6-8-27-9-7-22)14(11-20-23)21-15(25)4-5-24-12(2)13(18)10-19-24/h10-11H,3-9H2,1-2H3,(H,21,25). The first kappa shape index (κ1) is 19.8. The van der Waals surface area contributed by atoms with Gasteiger partial charge in [-0.25, -0.2) is 0 Å². The summed E-state index contributed by atoms with van der Waals surface area (Å²) < 4.78 is 9.80. The van der Waals surface area contributed by atoms with Crippen molar-refractivity contribution in [3.8, 4) is 0 Å². The molecule has 2 aromatic heterocycles. The van der Waals surface area contributed by atoms with Gasteiger partial charge in [-0.05, 0) is 36.4 Å². The third-order valence-electron chi connectivity index (χ3n) is 4.51. The lowest BCUT2D eigenvalue weighted by atomic mass is 10.2. The topological polar surface area (TPSA) is 94.3 Å². The zero-order valence-electron chi connectivity index (χ0n) is 15.4. The van der Waals surface area contributed by atoms with E-state index in [0.29, 0.717) is 50.8 Å². The third-order valence-corrected chi connectivity index (χ3v) is 5.57. The maximum Gasteiger partial charge on any atom is 0.274 e. The van der Waals surface area contributed by atoms with Crippen LogP contribution in [0.15, 0.2) is 12.4 Å². The van der Waals surface area contributed by atoms with Gasteiger partial charge in [0.2, 0.25) is 5.91 Å². The first-order valence-corrected chi connectivity index (χ1v) is 9.99. The highest BCUT2D eigenvalue weighted by Crippen LogP contribution is 2.19. The maximum absolute atomic E-state index is 12.9. The Kier molecular flexibility index (Phi) is 6.47. The van der Waals surface area contributed by atoms with Crippen molar-refractivity contribution >= 4 is 40.1 Å². The van der Waals surface area contributed by atoms with Crippen LogP contribution in [0.3, 0.4) is 0 Å². The molecule has 2 aromatic rings. The second kappa shape index (κ2) is 8.83. The van der Waals surface area contributed by atoms with Gasteiger partial charge in [-0.15, -0.1) is 0 Å². The maximum atomic E-state index is 12.9. The second-order valence-corrected chi connectivity index (χ2v) is 7.39. The molecule has 3 rings (SSSR count). The van der Waals surface area contributed by atoms with Gasteiger partial charge >= 0.3 is 0 Å². The molecule has 1 fully saturated rings. The molecule has 1 saturated heterocycles. The molecule has 0 spiro atoms. The van der Waals surface area contributed by atoms with Gasteiger partial charge in [-0.2, -0.15) is 10.2 Å². The Morgan fingerprint density at radius 3 is 2.56 bits per heavy atom. The summed E-state index contributed by atoms with van der Waals surface area (Å²) in [4.78, 5) is 27.1. The zero-order chi connectivity index (χ0) is 19.4. The number of ether oxygens (including phenoxy) is 1. The van der Waals surface area contributed by atoms with Gasteiger partial charge in [0.05, 0.1) is 41.4 Å². The molecule has 3 heterocycles. The number of nitrogens with one attached hydrogen (secondary N) is 1. The summed E-state index contributed by atoms with van der Waals surface area (Å²) in [5.74, 6) is -0.308. The lowest BCUT2D eigenvalue weighted by Gasteiger charge is -2.27. The number of hydrogen-bond donors (Lipinski definition) is 1. The highest BCUT2D eigenvalue weighted by atomic mass is 127. The van der Waals surface area contributed by atoms with Crippen LogP contribution < -0.4 is 5.32 Å². The summed E-state index contributed by atoms with van der Waals surface area (Å²) in [6, 6.07) is 0. The first-order chi connectivity index (χ1) is 13.0. The van der Waals surface area contributed by atoms with Crippen molar-refractivity contribution in [2.75, 3.05) is 31.6 Å². The highest BCUT2D eigenvalue weighted by molar-refractivity contribution is 14.1. The van der Waals surface area contributed by atoms with E-state index in [4.69, 9.17) is 4.74 Å².